The largest absolute Gasteiger partial charge is 0.495 e. The Hall–Kier alpha value is -6.96. The Balaban J connectivity index is 0.000000200. The lowest BCUT2D eigenvalue weighted by molar-refractivity contribution is 0.395. The van der Waals surface area contributed by atoms with Crippen molar-refractivity contribution in [3.63, 3.8) is 0 Å². The van der Waals surface area contributed by atoms with E-state index in [2.05, 4.69) is 127 Å². The molecule has 342 valence electrons. The quantitative estimate of drug-likeness (QED) is 0.108. The first-order valence-electron chi connectivity index (χ1n) is 21.7. The van der Waals surface area contributed by atoms with E-state index in [1.165, 1.54) is 11.6 Å². The number of sulfone groups is 1. The number of pyridine rings is 4. The summed E-state index contributed by atoms with van der Waals surface area (Å²) < 4.78 is 33.9. The molecule has 0 aliphatic carbocycles. The summed E-state index contributed by atoms with van der Waals surface area (Å²) in [6.07, 6.45) is 11.8. The Morgan fingerprint density at radius 1 is 0.493 bits per heavy atom. The van der Waals surface area contributed by atoms with Gasteiger partial charge in [-0.1, -0.05) is 87.8 Å². The lowest BCUT2D eigenvalue weighted by Crippen LogP contribution is -2.31. The van der Waals surface area contributed by atoms with Crippen LogP contribution >= 0.6 is 11.6 Å². The SMILES string of the molecule is COc1cncc(-c2ccc(C(C)(c3ccc(-c4ccc(Cl)nn4)cn3)C(C)C)cc2)c1.COc1cncc(-c2ccc(C(C)(c3ccc(-c4ccc(S(C)(=O)=O)nn4)cn3)C(C)C)cc2)c1. The topological polar surface area (TPSA) is 156 Å². The van der Waals surface area contributed by atoms with Crippen LogP contribution in [0.15, 0.2) is 151 Å². The van der Waals surface area contributed by atoms with Gasteiger partial charge in [-0.05, 0) is 109 Å². The van der Waals surface area contributed by atoms with Gasteiger partial charge in [0.1, 0.15) is 11.5 Å². The van der Waals surface area contributed by atoms with Gasteiger partial charge in [0.15, 0.2) is 20.0 Å². The second-order valence-electron chi connectivity index (χ2n) is 17.2. The number of hydrogen-bond donors (Lipinski definition) is 0. The standard InChI is InChI=1S/C27H28N4O3S.C26H25ClN4O/c1-18(2)27(3,22-9-6-19(7-10-22)21-14-23(34-4)17-28-15-21)25-12-8-20(16-29-25)24-11-13-26(31-30-24)35(5,32)33;1-17(2)26(3,24-11-7-19(15-29-24)23-10-12-25(27)31-30-23)21-8-5-18(6-9-21)20-13-22(32-4)16-28-14-20/h6-18H,1-5H3;5-17H,1-4H3. The maximum atomic E-state index is 11.6. The van der Waals surface area contributed by atoms with E-state index >= 15 is 0 Å². The van der Waals surface area contributed by atoms with Gasteiger partial charge in [0, 0.05) is 64.1 Å². The molecule has 2 unspecified atom stereocenters. The molecule has 12 nitrogen and oxygen atoms in total. The van der Waals surface area contributed by atoms with Gasteiger partial charge in [-0.2, -0.15) is 0 Å². The van der Waals surface area contributed by atoms with E-state index in [1.54, 1.807) is 44.9 Å². The number of rotatable bonds is 13. The first-order valence-corrected chi connectivity index (χ1v) is 24.0. The van der Waals surface area contributed by atoms with Crippen molar-refractivity contribution in [3.05, 3.63) is 174 Å². The average Bonchev–Trinajstić information content (AvgIpc) is 3.36. The van der Waals surface area contributed by atoms with Crippen molar-refractivity contribution < 1.29 is 17.9 Å². The van der Waals surface area contributed by atoms with Gasteiger partial charge >= 0.3 is 0 Å². The predicted molar refractivity (Wildman–Crippen MR) is 264 cm³/mol. The van der Waals surface area contributed by atoms with Crippen LogP contribution in [0, 0.1) is 11.8 Å². The Kier molecular flexibility index (Phi) is 14.5. The van der Waals surface area contributed by atoms with Crippen LogP contribution in [-0.2, 0) is 20.7 Å². The van der Waals surface area contributed by atoms with Gasteiger partial charge in [-0.15, -0.1) is 20.4 Å². The van der Waals surface area contributed by atoms with E-state index in [-0.39, 0.29) is 21.8 Å². The fraction of sp³-hybridized carbons (Fsp3) is 0.245. The lowest BCUT2D eigenvalue weighted by Gasteiger charge is -2.34. The highest BCUT2D eigenvalue weighted by molar-refractivity contribution is 7.90. The summed E-state index contributed by atoms with van der Waals surface area (Å²) in [5.41, 5.74) is 10.9. The molecular weight excluding hydrogens is 880 g/mol. The van der Waals surface area contributed by atoms with Gasteiger partial charge in [0.2, 0.25) is 0 Å². The normalized spacial score (nSPS) is 13.3. The molecule has 8 aromatic rings. The van der Waals surface area contributed by atoms with Crippen LogP contribution in [-0.4, -0.2) is 69.2 Å². The molecule has 0 spiro atoms. The van der Waals surface area contributed by atoms with Gasteiger partial charge in [0.25, 0.3) is 0 Å². The molecule has 0 saturated heterocycles. The fourth-order valence-corrected chi connectivity index (χ4v) is 8.40. The molecule has 6 heterocycles. The highest BCUT2D eigenvalue weighted by Gasteiger charge is 2.35. The minimum Gasteiger partial charge on any atom is -0.495 e. The highest BCUT2D eigenvalue weighted by Crippen LogP contribution is 2.41. The molecule has 8 rings (SSSR count). The molecule has 0 aliphatic heterocycles. The van der Waals surface area contributed by atoms with Gasteiger partial charge in [0.05, 0.1) is 49.4 Å². The van der Waals surface area contributed by atoms with E-state index < -0.39 is 9.84 Å². The molecule has 0 saturated carbocycles. The van der Waals surface area contributed by atoms with Gasteiger partial charge < -0.3 is 9.47 Å². The molecule has 6 aromatic heterocycles. The van der Waals surface area contributed by atoms with Crippen LogP contribution in [0.5, 0.6) is 11.5 Å². The monoisotopic (exact) mass is 932 g/mol. The summed E-state index contributed by atoms with van der Waals surface area (Å²) >= 11 is 5.85. The Morgan fingerprint density at radius 2 is 0.910 bits per heavy atom. The zero-order valence-corrected chi connectivity index (χ0v) is 40.6. The van der Waals surface area contributed by atoms with Crippen molar-refractivity contribution in [2.45, 2.75) is 57.4 Å². The third-order valence-corrected chi connectivity index (χ3v) is 13.9. The molecule has 0 fully saturated rings. The summed E-state index contributed by atoms with van der Waals surface area (Å²) in [7, 11) is -0.111. The van der Waals surface area contributed by atoms with E-state index in [1.807, 2.05) is 55.0 Å². The number of halogens is 1. The second-order valence-corrected chi connectivity index (χ2v) is 19.6. The van der Waals surface area contributed by atoms with Crippen molar-refractivity contribution in [1.82, 2.24) is 40.3 Å². The minimum absolute atomic E-state index is 0.0496. The van der Waals surface area contributed by atoms with Crippen LogP contribution in [0.2, 0.25) is 5.15 Å². The Bertz CT molecular complexity index is 3030. The summed E-state index contributed by atoms with van der Waals surface area (Å²) in [5.74, 6) is 2.08. The van der Waals surface area contributed by atoms with E-state index in [9.17, 15) is 8.42 Å². The third-order valence-electron chi connectivity index (χ3n) is 12.7. The maximum absolute atomic E-state index is 11.6. The Morgan fingerprint density at radius 3 is 1.24 bits per heavy atom. The number of methoxy groups -OCH3 is 2. The van der Waals surface area contributed by atoms with Crippen LogP contribution in [0.1, 0.15) is 64.1 Å². The highest BCUT2D eigenvalue weighted by atomic mass is 35.5. The Labute approximate surface area is 397 Å². The number of ether oxygens (including phenoxy) is 2. The lowest BCUT2D eigenvalue weighted by atomic mass is 9.70. The first-order chi connectivity index (χ1) is 32.0. The molecule has 2 aromatic carbocycles. The summed E-state index contributed by atoms with van der Waals surface area (Å²) in [4.78, 5) is 18.1. The number of benzene rings is 2. The number of hydrogen-bond acceptors (Lipinski definition) is 12. The average molecular weight is 934 g/mol. The van der Waals surface area contributed by atoms with Crippen molar-refractivity contribution in [2.24, 2.45) is 11.8 Å². The summed E-state index contributed by atoms with van der Waals surface area (Å²) in [6.45, 7) is 13.3. The molecule has 0 N–H and O–H groups in total. The second kappa shape index (κ2) is 20.3. The zero-order valence-electron chi connectivity index (χ0n) is 39.0. The van der Waals surface area contributed by atoms with Crippen molar-refractivity contribution in [2.75, 3.05) is 20.5 Å². The van der Waals surface area contributed by atoms with Crippen LogP contribution < -0.4 is 9.47 Å². The first kappa shape index (κ1) is 48.0. The molecule has 14 heteroatoms. The van der Waals surface area contributed by atoms with Gasteiger partial charge in [-0.25, -0.2) is 8.42 Å². The molecule has 0 aliphatic rings. The maximum Gasteiger partial charge on any atom is 0.194 e. The molecule has 0 radical (unpaired) electrons. The predicted octanol–water partition coefficient (Wildman–Crippen LogP) is 11.2. The van der Waals surface area contributed by atoms with Crippen molar-refractivity contribution in [3.8, 4) is 56.3 Å². The van der Waals surface area contributed by atoms with Crippen molar-refractivity contribution in [1.29, 1.82) is 0 Å². The summed E-state index contributed by atoms with van der Waals surface area (Å²) in [6, 6.07) is 35.8. The molecule has 67 heavy (non-hydrogen) atoms. The van der Waals surface area contributed by atoms with Crippen molar-refractivity contribution >= 4 is 21.4 Å². The van der Waals surface area contributed by atoms with Crippen LogP contribution in [0.3, 0.4) is 0 Å². The molecular formula is C53H53ClN8O4S. The minimum atomic E-state index is -3.39. The molecule has 0 amide bonds. The fourth-order valence-electron chi connectivity index (χ4n) is 7.80. The van der Waals surface area contributed by atoms with E-state index in [4.69, 9.17) is 31.0 Å². The molecule has 0 bridgehead atoms. The smallest absolute Gasteiger partial charge is 0.194 e. The van der Waals surface area contributed by atoms with Gasteiger partial charge in [-0.3, -0.25) is 19.9 Å². The third kappa shape index (κ3) is 10.5. The zero-order chi connectivity index (χ0) is 47.9. The van der Waals surface area contributed by atoms with Crippen LogP contribution in [0.25, 0.3) is 44.8 Å². The number of nitrogens with zero attached hydrogens (tertiary/aromatic N) is 8. The summed E-state index contributed by atoms with van der Waals surface area (Å²) in [5, 5.41) is 16.3. The number of aromatic nitrogens is 8. The molecule has 2 atom stereocenters. The van der Waals surface area contributed by atoms with Crippen LogP contribution in [0.4, 0.5) is 0 Å². The van der Waals surface area contributed by atoms with E-state index in [0.29, 0.717) is 16.8 Å². The van der Waals surface area contributed by atoms with E-state index in [0.717, 1.165) is 73.8 Å².